The SMILES string of the molecule is O=C(O)CC[C@@H](C(=O)O)N1C(=O)/C(=C\c2ccccn2)SC1=S. The Balaban J connectivity index is 2.24. The molecule has 9 heteroatoms. The maximum atomic E-state index is 12.4. The van der Waals surface area contributed by atoms with Crippen LogP contribution in [0, 0.1) is 0 Å². The van der Waals surface area contributed by atoms with Crippen LogP contribution in [0.1, 0.15) is 18.5 Å². The number of amides is 1. The molecule has 1 saturated heterocycles. The lowest BCUT2D eigenvalue weighted by Gasteiger charge is -2.22. The van der Waals surface area contributed by atoms with E-state index in [2.05, 4.69) is 4.98 Å². The monoisotopic (exact) mass is 352 g/mol. The van der Waals surface area contributed by atoms with Gasteiger partial charge in [-0.15, -0.1) is 0 Å². The van der Waals surface area contributed by atoms with E-state index >= 15 is 0 Å². The Labute approximate surface area is 141 Å². The molecule has 0 bridgehead atoms. The number of carboxylic acids is 2. The van der Waals surface area contributed by atoms with Crippen molar-refractivity contribution < 1.29 is 24.6 Å². The van der Waals surface area contributed by atoms with Crippen molar-refractivity contribution in [1.82, 2.24) is 9.88 Å². The van der Waals surface area contributed by atoms with E-state index in [4.69, 9.17) is 17.3 Å². The van der Waals surface area contributed by atoms with Crippen molar-refractivity contribution in [1.29, 1.82) is 0 Å². The Morgan fingerprint density at radius 1 is 1.39 bits per heavy atom. The second-order valence-electron chi connectivity index (χ2n) is 4.59. The lowest BCUT2D eigenvalue weighted by atomic mass is 10.1. The molecule has 2 N–H and O–H groups in total. The third-order valence-corrected chi connectivity index (χ3v) is 4.35. The zero-order valence-electron chi connectivity index (χ0n) is 11.7. The lowest BCUT2D eigenvalue weighted by molar-refractivity contribution is -0.146. The Hall–Kier alpha value is -2.26. The standard InChI is InChI=1S/C14H12N2O5S2/c17-11(18)5-4-9(13(20)21)16-12(19)10(23-14(16)22)7-8-3-1-2-6-15-8/h1-3,6-7,9H,4-5H2,(H,17,18)(H,20,21)/b10-7+/t9-/m0/s1. The molecule has 2 rings (SSSR count). The number of carbonyl (C=O) groups excluding carboxylic acids is 1. The quantitative estimate of drug-likeness (QED) is 0.587. The summed E-state index contributed by atoms with van der Waals surface area (Å²) in [6, 6.07) is 3.89. The predicted octanol–water partition coefficient (Wildman–Crippen LogP) is 1.60. The van der Waals surface area contributed by atoms with E-state index in [9.17, 15) is 19.5 Å². The summed E-state index contributed by atoms with van der Waals surface area (Å²) < 4.78 is 0.0926. The summed E-state index contributed by atoms with van der Waals surface area (Å²) in [7, 11) is 0. The van der Waals surface area contributed by atoms with Crippen LogP contribution in [0.3, 0.4) is 0 Å². The summed E-state index contributed by atoms with van der Waals surface area (Å²) in [6.45, 7) is 0. The summed E-state index contributed by atoms with van der Waals surface area (Å²) in [4.78, 5) is 39.7. The summed E-state index contributed by atoms with van der Waals surface area (Å²) in [6.07, 6.45) is 2.51. The number of aromatic nitrogens is 1. The normalized spacial score (nSPS) is 17.6. The molecule has 0 radical (unpaired) electrons. The maximum Gasteiger partial charge on any atom is 0.326 e. The minimum Gasteiger partial charge on any atom is -0.481 e. The van der Waals surface area contributed by atoms with Gasteiger partial charge in [-0.05, 0) is 24.6 Å². The van der Waals surface area contributed by atoms with Crippen LogP contribution in [0.4, 0.5) is 0 Å². The van der Waals surface area contributed by atoms with E-state index in [1.807, 2.05) is 0 Å². The van der Waals surface area contributed by atoms with Crippen molar-refractivity contribution in [3.05, 3.63) is 35.0 Å². The second kappa shape index (κ2) is 7.34. The van der Waals surface area contributed by atoms with Gasteiger partial charge in [0.15, 0.2) is 0 Å². The molecule has 0 saturated carbocycles. The number of nitrogens with zero attached hydrogens (tertiary/aromatic N) is 2. The number of carboxylic acid groups (broad SMARTS) is 2. The Morgan fingerprint density at radius 2 is 2.13 bits per heavy atom. The van der Waals surface area contributed by atoms with Gasteiger partial charge in [0, 0.05) is 12.6 Å². The highest BCUT2D eigenvalue weighted by atomic mass is 32.2. The highest BCUT2D eigenvalue weighted by Gasteiger charge is 2.40. The number of rotatable bonds is 6. The van der Waals surface area contributed by atoms with Crippen molar-refractivity contribution >= 4 is 52.2 Å². The zero-order chi connectivity index (χ0) is 17.0. The smallest absolute Gasteiger partial charge is 0.326 e. The summed E-state index contributed by atoms with van der Waals surface area (Å²) in [5, 5.41) is 18.0. The first-order chi connectivity index (χ1) is 10.9. The summed E-state index contributed by atoms with van der Waals surface area (Å²) in [5.41, 5.74) is 0.547. The fourth-order valence-electron chi connectivity index (χ4n) is 1.97. The van der Waals surface area contributed by atoms with Gasteiger partial charge in [-0.3, -0.25) is 19.5 Å². The van der Waals surface area contributed by atoms with Gasteiger partial charge in [-0.25, -0.2) is 4.79 Å². The Bertz CT molecular complexity index is 690. The van der Waals surface area contributed by atoms with Gasteiger partial charge in [0.2, 0.25) is 0 Å². The van der Waals surface area contributed by atoms with E-state index in [-0.39, 0.29) is 22.1 Å². The third kappa shape index (κ3) is 4.14. The number of pyridine rings is 1. The van der Waals surface area contributed by atoms with Gasteiger partial charge >= 0.3 is 11.9 Å². The largest absolute Gasteiger partial charge is 0.481 e. The average Bonchev–Trinajstić information content (AvgIpc) is 2.75. The van der Waals surface area contributed by atoms with Crippen LogP contribution in [0.25, 0.3) is 6.08 Å². The van der Waals surface area contributed by atoms with Crippen LogP contribution in [0.2, 0.25) is 0 Å². The first kappa shape index (κ1) is 17.1. The molecule has 1 aliphatic heterocycles. The fraction of sp³-hybridized carbons (Fsp3) is 0.214. The lowest BCUT2D eigenvalue weighted by Crippen LogP contribution is -2.44. The summed E-state index contributed by atoms with van der Waals surface area (Å²) in [5.74, 6) is -2.98. The molecule has 23 heavy (non-hydrogen) atoms. The molecule has 1 fully saturated rings. The molecule has 1 aliphatic rings. The van der Waals surface area contributed by atoms with Crippen LogP contribution in [-0.2, 0) is 14.4 Å². The van der Waals surface area contributed by atoms with Gasteiger partial charge in [0.1, 0.15) is 10.4 Å². The molecular formula is C14H12N2O5S2. The molecule has 1 atom stereocenters. The minimum absolute atomic E-state index is 0.0926. The number of hydrogen-bond acceptors (Lipinski definition) is 6. The van der Waals surface area contributed by atoms with Gasteiger partial charge in [0.05, 0.1) is 10.6 Å². The van der Waals surface area contributed by atoms with Crippen LogP contribution in [0.5, 0.6) is 0 Å². The van der Waals surface area contributed by atoms with E-state index < -0.39 is 23.9 Å². The van der Waals surface area contributed by atoms with Crippen LogP contribution < -0.4 is 0 Å². The molecule has 0 spiro atoms. The zero-order valence-corrected chi connectivity index (χ0v) is 13.3. The van der Waals surface area contributed by atoms with E-state index in [1.165, 1.54) is 6.08 Å². The van der Waals surface area contributed by atoms with Gasteiger partial charge < -0.3 is 10.2 Å². The first-order valence-electron chi connectivity index (χ1n) is 6.53. The number of aliphatic carboxylic acids is 2. The predicted molar refractivity (Wildman–Crippen MR) is 87.5 cm³/mol. The molecule has 0 aliphatic carbocycles. The van der Waals surface area contributed by atoms with Crippen molar-refractivity contribution in [3.63, 3.8) is 0 Å². The highest BCUT2D eigenvalue weighted by Crippen LogP contribution is 2.34. The number of carbonyl (C=O) groups is 3. The molecule has 2 heterocycles. The Kier molecular flexibility index (Phi) is 5.45. The summed E-state index contributed by atoms with van der Waals surface area (Å²) >= 11 is 6.06. The van der Waals surface area contributed by atoms with Crippen molar-refractivity contribution in [2.45, 2.75) is 18.9 Å². The van der Waals surface area contributed by atoms with Crippen molar-refractivity contribution in [3.8, 4) is 0 Å². The molecular weight excluding hydrogens is 340 g/mol. The van der Waals surface area contributed by atoms with Crippen LogP contribution >= 0.6 is 24.0 Å². The molecule has 120 valence electrons. The molecule has 1 amide bonds. The number of thiocarbonyl (C=S) groups is 1. The average molecular weight is 352 g/mol. The van der Waals surface area contributed by atoms with Gasteiger partial charge in [0.25, 0.3) is 5.91 Å². The topological polar surface area (TPSA) is 108 Å². The minimum atomic E-state index is -1.30. The maximum absolute atomic E-state index is 12.4. The van der Waals surface area contributed by atoms with E-state index in [0.29, 0.717) is 5.69 Å². The number of hydrogen-bond donors (Lipinski definition) is 2. The fourth-order valence-corrected chi connectivity index (χ4v) is 3.31. The third-order valence-electron chi connectivity index (χ3n) is 3.02. The molecule has 1 aromatic heterocycles. The van der Waals surface area contributed by atoms with Crippen LogP contribution in [0.15, 0.2) is 29.3 Å². The van der Waals surface area contributed by atoms with Gasteiger partial charge in [-0.2, -0.15) is 0 Å². The number of thioether (sulfide) groups is 1. The second-order valence-corrected chi connectivity index (χ2v) is 6.27. The highest BCUT2D eigenvalue weighted by molar-refractivity contribution is 8.26. The molecule has 0 unspecified atom stereocenters. The molecule has 7 nitrogen and oxygen atoms in total. The van der Waals surface area contributed by atoms with Crippen molar-refractivity contribution in [2.75, 3.05) is 0 Å². The first-order valence-corrected chi connectivity index (χ1v) is 7.75. The van der Waals surface area contributed by atoms with Crippen LogP contribution in [-0.4, -0.2) is 48.3 Å². The van der Waals surface area contributed by atoms with Crippen molar-refractivity contribution in [2.24, 2.45) is 0 Å². The Morgan fingerprint density at radius 3 is 2.70 bits per heavy atom. The molecule has 0 aromatic carbocycles. The van der Waals surface area contributed by atoms with E-state index in [0.717, 1.165) is 16.7 Å². The van der Waals surface area contributed by atoms with Gasteiger partial charge in [-0.1, -0.05) is 30.0 Å². The molecule has 1 aromatic rings. The van der Waals surface area contributed by atoms with E-state index in [1.54, 1.807) is 24.4 Å².